The highest BCUT2D eigenvalue weighted by Gasteiger charge is 2.25. The molecule has 0 aromatic rings. The Hall–Kier alpha value is -0.0800. The summed E-state index contributed by atoms with van der Waals surface area (Å²) in [6.45, 7) is 25.5. The SMILES string of the molecule is CCCCCCCCCCCCCCCC[N+](CC)(CC)CCCC[N+](CC)(CC)CCCCCCCCCCCCCCCC. The second-order valence-corrected chi connectivity index (χ2v) is 15.7. The molecular weight excluding hydrogens is 556 g/mol. The summed E-state index contributed by atoms with van der Waals surface area (Å²) in [5.41, 5.74) is 0. The molecule has 0 aromatic heterocycles. The summed E-state index contributed by atoms with van der Waals surface area (Å²) in [4.78, 5) is 0. The minimum absolute atomic E-state index is 1.33. The lowest BCUT2D eigenvalue weighted by molar-refractivity contribution is -0.931. The van der Waals surface area contributed by atoms with Crippen molar-refractivity contribution in [3.63, 3.8) is 0 Å². The van der Waals surface area contributed by atoms with E-state index >= 15 is 0 Å². The molecule has 0 bridgehead atoms. The van der Waals surface area contributed by atoms with Gasteiger partial charge in [-0.2, -0.15) is 0 Å². The predicted molar refractivity (Wildman–Crippen MR) is 212 cm³/mol. The Kier molecular flexibility index (Phi) is 34.7. The Morgan fingerprint density at radius 3 is 0.522 bits per heavy atom. The maximum atomic E-state index is 2.46. The van der Waals surface area contributed by atoms with Gasteiger partial charge in [-0.1, -0.05) is 168 Å². The Morgan fingerprint density at radius 1 is 0.196 bits per heavy atom. The Bertz CT molecular complexity index is 514. The van der Waals surface area contributed by atoms with Crippen LogP contribution in [0.3, 0.4) is 0 Å². The third-order valence-corrected chi connectivity index (χ3v) is 12.2. The van der Waals surface area contributed by atoms with Crippen LogP contribution in [0.1, 0.15) is 234 Å². The lowest BCUT2D eigenvalue weighted by atomic mass is 10.0. The fraction of sp³-hybridized carbons (Fsp3) is 1.00. The highest BCUT2D eigenvalue weighted by Crippen LogP contribution is 2.19. The van der Waals surface area contributed by atoms with Crippen LogP contribution in [-0.4, -0.2) is 61.3 Å². The first-order chi connectivity index (χ1) is 22.6. The largest absolute Gasteiger partial charge is 0.324 e. The van der Waals surface area contributed by atoms with Gasteiger partial charge in [-0.15, -0.1) is 0 Å². The molecule has 0 radical (unpaired) electrons. The van der Waals surface area contributed by atoms with E-state index in [2.05, 4.69) is 41.5 Å². The topological polar surface area (TPSA) is 0 Å². The van der Waals surface area contributed by atoms with Crippen molar-refractivity contribution in [3.8, 4) is 0 Å². The smallest absolute Gasteiger partial charge is 0.0788 e. The molecule has 0 fully saturated rings. The van der Waals surface area contributed by atoms with E-state index < -0.39 is 0 Å². The zero-order chi connectivity index (χ0) is 33.9. The van der Waals surface area contributed by atoms with E-state index in [1.54, 1.807) is 0 Å². The van der Waals surface area contributed by atoms with E-state index in [4.69, 9.17) is 0 Å². The van der Waals surface area contributed by atoms with Gasteiger partial charge in [-0.05, 0) is 53.4 Å². The average Bonchev–Trinajstić information content (AvgIpc) is 3.08. The molecule has 0 N–H and O–H groups in total. The summed E-state index contributed by atoms with van der Waals surface area (Å²) in [6.07, 6.45) is 43.8. The third-order valence-electron chi connectivity index (χ3n) is 12.2. The standard InChI is InChI=1S/C44H94N2/c1-7-13-15-17-19-21-23-25-27-29-31-33-35-37-41-45(9-3,10-4)43-39-40-44-46(11-5,12-6)42-38-36-34-32-30-28-26-24-22-20-18-16-14-8-2/h7-44H2,1-6H3/q+2. The van der Waals surface area contributed by atoms with Crippen molar-refractivity contribution >= 4 is 0 Å². The first-order valence-corrected chi connectivity index (χ1v) is 22.3. The van der Waals surface area contributed by atoms with Crippen LogP contribution in [0.15, 0.2) is 0 Å². The number of unbranched alkanes of at least 4 members (excludes halogenated alkanes) is 27. The minimum Gasteiger partial charge on any atom is -0.324 e. The van der Waals surface area contributed by atoms with E-state index in [1.807, 2.05) is 0 Å². The second-order valence-electron chi connectivity index (χ2n) is 15.7. The quantitative estimate of drug-likeness (QED) is 0.0459. The van der Waals surface area contributed by atoms with Gasteiger partial charge in [-0.3, -0.25) is 0 Å². The second kappa shape index (κ2) is 34.8. The molecule has 0 spiro atoms. The summed E-state index contributed by atoms with van der Waals surface area (Å²) in [7, 11) is 0. The average molecular weight is 651 g/mol. The van der Waals surface area contributed by atoms with Gasteiger partial charge in [0.25, 0.3) is 0 Å². The third kappa shape index (κ3) is 26.8. The van der Waals surface area contributed by atoms with E-state index in [9.17, 15) is 0 Å². The van der Waals surface area contributed by atoms with E-state index in [0.717, 1.165) is 0 Å². The van der Waals surface area contributed by atoms with Gasteiger partial charge in [0, 0.05) is 12.8 Å². The van der Waals surface area contributed by atoms with E-state index in [-0.39, 0.29) is 0 Å². The molecule has 0 amide bonds. The molecular formula is C44H94N2+2. The van der Waals surface area contributed by atoms with Gasteiger partial charge in [0.2, 0.25) is 0 Å². The van der Waals surface area contributed by atoms with Crippen LogP contribution in [0.4, 0.5) is 0 Å². The van der Waals surface area contributed by atoms with Gasteiger partial charge in [0.1, 0.15) is 0 Å². The van der Waals surface area contributed by atoms with Crippen LogP contribution in [0.2, 0.25) is 0 Å². The number of hydrogen-bond acceptors (Lipinski definition) is 0. The van der Waals surface area contributed by atoms with Crippen molar-refractivity contribution < 1.29 is 8.97 Å². The molecule has 0 atom stereocenters. The Balaban J connectivity index is 3.97. The fourth-order valence-electron chi connectivity index (χ4n) is 8.11. The van der Waals surface area contributed by atoms with Gasteiger partial charge in [0.05, 0.1) is 52.4 Å². The fourth-order valence-corrected chi connectivity index (χ4v) is 8.11. The van der Waals surface area contributed by atoms with Crippen LogP contribution in [0.5, 0.6) is 0 Å². The molecule has 46 heavy (non-hydrogen) atoms. The minimum atomic E-state index is 1.33. The zero-order valence-corrected chi connectivity index (χ0v) is 33.8. The molecule has 0 aromatic carbocycles. The van der Waals surface area contributed by atoms with Crippen LogP contribution in [-0.2, 0) is 0 Å². The van der Waals surface area contributed by atoms with Crippen LogP contribution < -0.4 is 0 Å². The molecule has 0 aliphatic carbocycles. The molecule has 0 rings (SSSR count). The zero-order valence-electron chi connectivity index (χ0n) is 33.8. The maximum absolute atomic E-state index is 2.46. The number of nitrogens with zero attached hydrogens (tertiary/aromatic N) is 2. The summed E-state index contributed by atoms with van der Waals surface area (Å²) in [5.74, 6) is 0. The molecule has 0 saturated heterocycles. The van der Waals surface area contributed by atoms with Crippen molar-refractivity contribution in [2.45, 2.75) is 234 Å². The predicted octanol–water partition coefficient (Wildman–Crippen LogP) is 14.4. The van der Waals surface area contributed by atoms with Crippen molar-refractivity contribution in [1.82, 2.24) is 0 Å². The van der Waals surface area contributed by atoms with Gasteiger partial charge in [0.15, 0.2) is 0 Å². The van der Waals surface area contributed by atoms with Gasteiger partial charge < -0.3 is 8.97 Å². The summed E-state index contributed by atoms with van der Waals surface area (Å²) < 4.78 is 2.74. The molecule has 0 aliphatic heterocycles. The van der Waals surface area contributed by atoms with Crippen molar-refractivity contribution in [3.05, 3.63) is 0 Å². The molecule has 0 saturated carbocycles. The number of quaternary nitrogens is 2. The summed E-state index contributed by atoms with van der Waals surface area (Å²) in [5, 5.41) is 0. The highest BCUT2D eigenvalue weighted by atomic mass is 15.4. The van der Waals surface area contributed by atoms with Crippen LogP contribution in [0, 0.1) is 0 Å². The van der Waals surface area contributed by atoms with Gasteiger partial charge >= 0.3 is 0 Å². The van der Waals surface area contributed by atoms with Crippen molar-refractivity contribution in [1.29, 1.82) is 0 Å². The summed E-state index contributed by atoms with van der Waals surface area (Å²) >= 11 is 0. The van der Waals surface area contributed by atoms with Crippen LogP contribution >= 0.6 is 0 Å². The van der Waals surface area contributed by atoms with Crippen molar-refractivity contribution in [2.24, 2.45) is 0 Å². The molecule has 0 unspecified atom stereocenters. The maximum Gasteiger partial charge on any atom is 0.0788 e. The Labute approximate surface area is 294 Å². The van der Waals surface area contributed by atoms with Crippen molar-refractivity contribution in [2.75, 3.05) is 52.4 Å². The summed E-state index contributed by atoms with van der Waals surface area (Å²) in [6, 6.07) is 0. The van der Waals surface area contributed by atoms with Gasteiger partial charge in [-0.25, -0.2) is 0 Å². The number of rotatable bonds is 39. The number of hydrogen-bond donors (Lipinski definition) is 0. The molecule has 278 valence electrons. The van der Waals surface area contributed by atoms with E-state index in [0.29, 0.717) is 0 Å². The molecule has 0 aliphatic rings. The Morgan fingerprint density at radius 2 is 0.348 bits per heavy atom. The lowest BCUT2D eigenvalue weighted by Crippen LogP contribution is -2.51. The monoisotopic (exact) mass is 651 g/mol. The lowest BCUT2D eigenvalue weighted by Gasteiger charge is -2.39. The molecule has 0 heterocycles. The first kappa shape index (κ1) is 45.9. The molecule has 2 nitrogen and oxygen atoms in total. The van der Waals surface area contributed by atoms with Crippen LogP contribution in [0.25, 0.3) is 0 Å². The highest BCUT2D eigenvalue weighted by molar-refractivity contribution is 4.53. The first-order valence-electron chi connectivity index (χ1n) is 22.3. The van der Waals surface area contributed by atoms with E-state index in [1.165, 1.54) is 254 Å². The molecule has 2 heteroatoms. The normalized spacial score (nSPS) is 12.4.